The lowest BCUT2D eigenvalue weighted by Crippen LogP contribution is -2.24. The molecule has 1 aromatic heterocycles. The molecule has 0 spiro atoms. The molecule has 0 aliphatic heterocycles. The Kier molecular flexibility index (Phi) is 7.17. The molecule has 3 aromatic rings. The minimum absolute atomic E-state index is 0.184. The SMILES string of the molecule is CCn1ncc(Br)c1CNC(=O)c1ccc(OC)c(COc2ccc(Cl)cc2)c1. The van der Waals surface area contributed by atoms with Crippen LogP contribution in [0.5, 0.6) is 11.5 Å². The fourth-order valence-electron chi connectivity index (χ4n) is 2.83. The number of hydrogen-bond donors (Lipinski definition) is 1. The molecule has 29 heavy (non-hydrogen) atoms. The second-order valence-electron chi connectivity index (χ2n) is 6.21. The molecule has 0 unspecified atom stereocenters. The number of nitrogens with zero attached hydrogens (tertiary/aromatic N) is 2. The molecule has 0 aliphatic carbocycles. The van der Waals surface area contributed by atoms with Crippen molar-refractivity contribution in [2.75, 3.05) is 7.11 Å². The quantitative estimate of drug-likeness (QED) is 0.503. The zero-order valence-corrected chi connectivity index (χ0v) is 18.5. The average Bonchev–Trinajstić information content (AvgIpc) is 3.10. The molecule has 152 valence electrons. The third-order valence-electron chi connectivity index (χ3n) is 4.36. The van der Waals surface area contributed by atoms with E-state index in [4.69, 9.17) is 21.1 Å². The summed E-state index contributed by atoms with van der Waals surface area (Å²) < 4.78 is 13.9. The molecule has 0 aliphatic rings. The third kappa shape index (κ3) is 5.31. The second kappa shape index (κ2) is 9.80. The van der Waals surface area contributed by atoms with Gasteiger partial charge in [-0.05, 0) is 65.3 Å². The van der Waals surface area contributed by atoms with Gasteiger partial charge < -0.3 is 14.8 Å². The molecule has 6 nitrogen and oxygen atoms in total. The van der Waals surface area contributed by atoms with Gasteiger partial charge in [0.15, 0.2) is 0 Å². The van der Waals surface area contributed by atoms with E-state index in [-0.39, 0.29) is 12.5 Å². The molecule has 1 N–H and O–H groups in total. The van der Waals surface area contributed by atoms with Crippen molar-refractivity contribution in [1.82, 2.24) is 15.1 Å². The zero-order chi connectivity index (χ0) is 20.8. The summed E-state index contributed by atoms with van der Waals surface area (Å²) in [5.41, 5.74) is 2.22. The highest BCUT2D eigenvalue weighted by Gasteiger charge is 2.13. The second-order valence-corrected chi connectivity index (χ2v) is 7.50. The number of nitrogens with one attached hydrogen (secondary N) is 1. The largest absolute Gasteiger partial charge is 0.496 e. The van der Waals surface area contributed by atoms with Crippen molar-refractivity contribution in [1.29, 1.82) is 0 Å². The molecule has 0 saturated heterocycles. The maximum absolute atomic E-state index is 12.7. The maximum atomic E-state index is 12.7. The number of rotatable bonds is 8. The number of benzene rings is 2. The third-order valence-corrected chi connectivity index (χ3v) is 5.28. The van der Waals surface area contributed by atoms with Crippen LogP contribution >= 0.6 is 27.5 Å². The van der Waals surface area contributed by atoms with Crippen molar-refractivity contribution in [2.24, 2.45) is 0 Å². The van der Waals surface area contributed by atoms with Gasteiger partial charge in [0.2, 0.25) is 0 Å². The van der Waals surface area contributed by atoms with Gasteiger partial charge >= 0.3 is 0 Å². The lowest BCUT2D eigenvalue weighted by atomic mass is 10.1. The lowest BCUT2D eigenvalue weighted by Gasteiger charge is -2.13. The first-order valence-corrected chi connectivity index (χ1v) is 10.2. The predicted octanol–water partition coefficient (Wildman–Crippen LogP) is 4.84. The minimum atomic E-state index is -0.184. The highest BCUT2D eigenvalue weighted by Crippen LogP contribution is 2.23. The van der Waals surface area contributed by atoms with Crippen LogP contribution in [0, 0.1) is 0 Å². The van der Waals surface area contributed by atoms with Crippen LogP contribution in [0.3, 0.4) is 0 Å². The molecule has 1 heterocycles. The number of amides is 1. The van der Waals surface area contributed by atoms with Crippen molar-refractivity contribution in [2.45, 2.75) is 26.6 Å². The number of hydrogen-bond acceptors (Lipinski definition) is 4. The number of halogens is 2. The maximum Gasteiger partial charge on any atom is 0.251 e. The van der Waals surface area contributed by atoms with Crippen LogP contribution in [0.4, 0.5) is 0 Å². The summed E-state index contributed by atoms with van der Waals surface area (Å²) in [7, 11) is 1.59. The molecule has 0 bridgehead atoms. The Morgan fingerprint density at radius 3 is 2.69 bits per heavy atom. The van der Waals surface area contributed by atoms with Gasteiger partial charge in [0, 0.05) is 22.7 Å². The van der Waals surface area contributed by atoms with Crippen LogP contribution in [0.1, 0.15) is 28.5 Å². The van der Waals surface area contributed by atoms with Gasteiger partial charge in [0.25, 0.3) is 5.91 Å². The highest BCUT2D eigenvalue weighted by molar-refractivity contribution is 9.10. The van der Waals surface area contributed by atoms with Gasteiger partial charge in [0.1, 0.15) is 18.1 Å². The Morgan fingerprint density at radius 1 is 1.24 bits per heavy atom. The van der Waals surface area contributed by atoms with Gasteiger partial charge in [-0.15, -0.1) is 0 Å². The summed E-state index contributed by atoms with van der Waals surface area (Å²) in [5.74, 6) is 1.16. The average molecular weight is 479 g/mol. The van der Waals surface area contributed by atoms with Crippen LogP contribution in [0.15, 0.2) is 53.1 Å². The lowest BCUT2D eigenvalue weighted by molar-refractivity contribution is 0.0949. The van der Waals surface area contributed by atoms with E-state index in [1.807, 2.05) is 11.6 Å². The number of ether oxygens (including phenoxy) is 2. The Labute approximate surface area is 182 Å². The Hall–Kier alpha value is -2.51. The summed E-state index contributed by atoms with van der Waals surface area (Å²) in [6.45, 7) is 3.36. The van der Waals surface area contributed by atoms with E-state index in [2.05, 4.69) is 26.3 Å². The van der Waals surface area contributed by atoms with Gasteiger partial charge in [-0.2, -0.15) is 5.10 Å². The first-order chi connectivity index (χ1) is 14.0. The van der Waals surface area contributed by atoms with Gasteiger partial charge in [-0.25, -0.2) is 0 Å². The summed E-state index contributed by atoms with van der Waals surface area (Å²) in [6, 6.07) is 12.4. The number of methoxy groups -OCH3 is 1. The summed E-state index contributed by atoms with van der Waals surface area (Å²) in [4.78, 5) is 12.7. The van der Waals surface area contributed by atoms with Crippen molar-refractivity contribution < 1.29 is 14.3 Å². The predicted molar refractivity (Wildman–Crippen MR) is 116 cm³/mol. The first kappa shape index (κ1) is 21.2. The standard InChI is InChI=1S/C21H21BrClN3O3/c1-3-26-19(18(22)11-25-26)12-24-21(27)14-4-9-20(28-2)15(10-14)13-29-17-7-5-16(23)6-8-17/h4-11H,3,12-13H2,1-2H3,(H,24,27). The van der Waals surface area contributed by atoms with E-state index >= 15 is 0 Å². The minimum Gasteiger partial charge on any atom is -0.496 e. The van der Waals surface area contributed by atoms with E-state index < -0.39 is 0 Å². The van der Waals surface area contributed by atoms with E-state index in [0.717, 1.165) is 22.3 Å². The van der Waals surface area contributed by atoms with Crippen LogP contribution < -0.4 is 14.8 Å². The van der Waals surface area contributed by atoms with E-state index in [9.17, 15) is 4.79 Å². The molecular weight excluding hydrogens is 458 g/mol. The molecule has 0 saturated carbocycles. The normalized spacial score (nSPS) is 10.6. The monoisotopic (exact) mass is 477 g/mol. The molecule has 0 atom stereocenters. The van der Waals surface area contributed by atoms with Gasteiger partial charge in [-0.1, -0.05) is 11.6 Å². The fraction of sp³-hybridized carbons (Fsp3) is 0.238. The smallest absolute Gasteiger partial charge is 0.251 e. The number of carbonyl (C=O) groups is 1. The topological polar surface area (TPSA) is 65.4 Å². The number of aromatic nitrogens is 2. The van der Waals surface area contributed by atoms with Crippen LogP contribution in [0.2, 0.25) is 5.02 Å². The van der Waals surface area contributed by atoms with E-state index in [1.54, 1.807) is 55.8 Å². The molecule has 0 fully saturated rings. The van der Waals surface area contributed by atoms with Crippen molar-refractivity contribution in [3.8, 4) is 11.5 Å². The number of carbonyl (C=O) groups excluding carboxylic acids is 1. The van der Waals surface area contributed by atoms with Crippen LogP contribution in [-0.2, 0) is 19.7 Å². The van der Waals surface area contributed by atoms with Crippen molar-refractivity contribution in [3.63, 3.8) is 0 Å². The molecule has 3 rings (SSSR count). The van der Waals surface area contributed by atoms with E-state index in [0.29, 0.717) is 28.6 Å². The Balaban J connectivity index is 1.70. The molecule has 2 aromatic carbocycles. The Bertz CT molecular complexity index is 989. The number of aryl methyl sites for hydroxylation is 1. The zero-order valence-electron chi connectivity index (χ0n) is 16.1. The fourth-order valence-corrected chi connectivity index (χ4v) is 3.39. The Morgan fingerprint density at radius 2 is 2.00 bits per heavy atom. The molecule has 1 amide bonds. The summed E-state index contributed by atoms with van der Waals surface area (Å²) >= 11 is 9.37. The van der Waals surface area contributed by atoms with Crippen molar-refractivity contribution >= 4 is 33.4 Å². The molecular formula is C21H21BrClN3O3. The summed E-state index contributed by atoms with van der Waals surface area (Å²) in [5, 5.41) is 7.84. The van der Waals surface area contributed by atoms with Crippen LogP contribution in [0.25, 0.3) is 0 Å². The highest BCUT2D eigenvalue weighted by atomic mass is 79.9. The van der Waals surface area contributed by atoms with E-state index in [1.165, 1.54) is 0 Å². The summed E-state index contributed by atoms with van der Waals surface area (Å²) in [6.07, 6.45) is 1.73. The van der Waals surface area contributed by atoms with Crippen LogP contribution in [-0.4, -0.2) is 22.8 Å². The first-order valence-electron chi connectivity index (χ1n) is 9.05. The van der Waals surface area contributed by atoms with Gasteiger partial charge in [-0.3, -0.25) is 9.48 Å². The van der Waals surface area contributed by atoms with Crippen molar-refractivity contribution in [3.05, 3.63) is 75.0 Å². The van der Waals surface area contributed by atoms with Gasteiger partial charge in [0.05, 0.1) is 30.0 Å². The molecule has 0 radical (unpaired) electrons. The molecule has 8 heteroatoms.